The Bertz CT molecular complexity index is 322. The second-order valence-corrected chi connectivity index (χ2v) is 11.2. The summed E-state index contributed by atoms with van der Waals surface area (Å²) in [6, 6.07) is 0. The van der Waals surface area contributed by atoms with Gasteiger partial charge in [0.15, 0.2) is 0 Å². The van der Waals surface area contributed by atoms with Gasteiger partial charge < -0.3 is 49.2 Å². The van der Waals surface area contributed by atoms with E-state index in [-0.39, 0.29) is 22.4 Å². The molecule has 0 fully saturated rings. The zero-order chi connectivity index (χ0) is 29.6. The predicted octanol–water partition coefficient (Wildman–Crippen LogP) is 2.02. The maximum absolute atomic E-state index is 8.89. The van der Waals surface area contributed by atoms with E-state index >= 15 is 0 Å². The first-order valence-electron chi connectivity index (χ1n) is 11.4. The predicted molar refractivity (Wildman–Crippen MR) is 141 cm³/mol. The molecule has 0 bridgehead atoms. The van der Waals surface area contributed by atoms with Gasteiger partial charge in [0.1, 0.15) is 0 Å². The van der Waals surface area contributed by atoms with E-state index in [9.17, 15) is 0 Å². The van der Waals surface area contributed by atoms with Crippen LogP contribution in [0.2, 0.25) is 0 Å². The second kappa shape index (κ2) is 25.6. The summed E-state index contributed by atoms with van der Waals surface area (Å²) in [5.41, 5.74) is -3.36. The number of hydrogen-bond donors (Lipinski definition) is 5. The van der Waals surface area contributed by atoms with Gasteiger partial charge in [0.05, 0.1) is 61.0 Å². The van der Waals surface area contributed by atoms with Crippen molar-refractivity contribution in [2.75, 3.05) is 68.6 Å². The summed E-state index contributed by atoms with van der Waals surface area (Å²) in [5.74, 6) is 0. The smallest absolute Gasteiger partial charge is 0.0824 e. The molecule has 1 radical (unpaired) electrons. The SMILES string of the molecule is COCC(C)(C)O.COCC(C)(C)O.COCC(C)(C)O.COCC(C)(C)O.COCC(C)(C)O.[Nb]. The van der Waals surface area contributed by atoms with E-state index in [1.807, 2.05) is 0 Å². The van der Waals surface area contributed by atoms with Gasteiger partial charge in [-0.1, -0.05) is 0 Å². The van der Waals surface area contributed by atoms with E-state index in [2.05, 4.69) is 23.7 Å². The van der Waals surface area contributed by atoms with Crippen LogP contribution in [0.5, 0.6) is 0 Å². The van der Waals surface area contributed by atoms with Crippen LogP contribution in [-0.2, 0) is 46.1 Å². The average molecular weight is 614 g/mol. The Morgan fingerprint density at radius 3 is 0.417 bits per heavy atom. The molecule has 0 aromatic heterocycles. The normalized spacial score (nSPS) is 11.7. The van der Waals surface area contributed by atoms with Gasteiger partial charge in [0.2, 0.25) is 0 Å². The van der Waals surface area contributed by atoms with Gasteiger partial charge in [-0.15, -0.1) is 0 Å². The first kappa shape index (κ1) is 49.3. The maximum atomic E-state index is 8.89. The second-order valence-electron chi connectivity index (χ2n) is 11.2. The van der Waals surface area contributed by atoms with Crippen LogP contribution in [0.4, 0.5) is 0 Å². The van der Waals surface area contributed by atoms with Crippen LogP contribution in [0.25, 0.3) is 0 Å². The minimum Gasteiger partial charge on any atom is -0.388 e. The van der Waals surface area contributed by atoms with E-state index in [1.54, 1.807) is 105 Å². The Morgan fingerprint density at radius 1 is 0.333 bits per heavy atom. The van der Waals surface area contributed by atoms with Gasteiger partial charge in [-0.2, -0.15) is 0 Å². The average Bonchev–Trinajstić information content (AvgIpc) is 2.51. The summed E-state index contributed by atoms with van der Waals surface area (Å²) < 4.78 is 23.3. The van der Waals surface area contributed by atoms with E-state index in [4.69, 9.17) is 25.5 Å². The summed E-state index contributed by atoms with van der Waals surface area (Å²) in [6.45, 7) is 19.0. The molecule has 0 unspecified atom stereocenters. The largest absolute Gasteiger partial charge is 0.388 e. The minimum atomic E-state index is -0.672. The molecule has 0 amide bonds. The maximum Gasteiger partial charge on any atom is 0.0824 e. The summed E-state index contributed by atoms with van der Waals surface area (Å²) in [6.07, 6.45) is 0. The third-order valence-corrected chi connectivity index (χ3v) is 2.49. The molecule has 0 saturated carbocycles. The van der Waals surface area contributed by atoms with E-state index in [0.717, 1.165) is 0 Å². The Morgan fingerprint density at radius 2 is 0.417 bits per heavy atom. The Labute approximate surface area is 237 Å². The van der Waals surface area contributed by atoms with Crippen LogP contribution in [-0.4, -0.2) is 122 Å². The molecular formula is C25H60NbO10. The Balaban J connectivity index is -0.0000000776. The topological polar surface area (TPSA) is 147 Å². The van der Waals surface area contributed by atoms with Crippen molar-refractivity contribution >= 4 is 0 Å². The molecule has 11 heteroatoms. The summed E-state index contributed by atoms with van der Waals surface area (Å²) in [4.78, 5) is 0. The minimum absolute atomic E-state index is 0. The summed E-state index contributed by atoms with van der Waals surface area (Å²) in [7, 11) is 7.84. The Kier molecular flexibility index (Phi) is 35.1. The van der Waals surface area contributed by atoms with E-state index in [1.165, 1.54) is 0 Å². The number of methoxy groups -OCH3 is 5. The van der Waals surface area contributed by atoms with Crippen molar-refractivity contribution in [3.8, 4) is 0 Å². The van der Waals surface area contributed by atoms with Crippen LogP contribution in [0, 0.1) is 0 Å². The summed E-state index contributed by atoms with van der Waals surface area (Å²) in [5, 5.41) is 44.5. The molecule has 0 atom stereocenters. The number of rotatable bonds is 10. The molecule has 0 aliphatic carbocycles. The molecule has 0 aliphatic rings. The van der Waals surface area contributed by atoms with Crippen LogP contribution in [0.1, 0.15) is 69.2 Å². The molecule has 10 nitrogen and oxygen atoms in total. The third-order valence-electron chi connectivity index (χ3n) is 2.49. The molecule has 0 saturated heterocycles. The molecule has 0 aromatic carbocycles. The van der Waals surface area contributed by atoms with Crippen molar-refractivity contribution in [1.29, 1.82) is 0 Å². The molecule has 5 N–H and O–H groups in total. The van der Waals surface area contributed by atoms with Gasteiger partial charge in [-0.25, -0.2) is 0 Å². The number of aliphatic hydroxyl groups is 5. The fraction of sp³-hybridized carbons (Fsp3) is 1.00. The molecular weight excluding hydrogens is 553 g/mol. The molecule has 0 heterocycles. The summed E-state index contributed by atoms with van der Waals surface area (Å²) >= 11 is 0. The fourth-order valence-electron chi connectivity index (χ4n) is 1.77. The molecule has 225 valence electrons. The van der Waals surface area contributed by atoms with Crippen molar-refractivity contribution in [1.82, 2.24) is 0 Å². The van der Waals surface area contributed by atoms with E-state index in [0.29, 0.717) is 33.0 Å². The van der Waals surface area contributed by atoms with Gasteiger partial charge in [-0.3, -0.25) is 0 Å². The van der Waals surface area contributed by atoms with Crippen LogP contribution in [0.3, 0.4) is 0 Å². The number of ether oxygens (including phenoxy) is 5. The first-order valence-corrected chi connectivity index (χ1v) is 11.4. The molecule has 36 heavy (non-hydrogen) atoms. The number of hydrogen-bond acceptors (Lipinski definition) is 10. The monoisotopic (exact) mass is 613 g/mol. The standard InChI is InChI=1S/5C5H12O2.Nb/c5*1-5(2,6)4-7-3;/h5*6H,4H2,1-3H3;. The quantitative estimate of drug-likeness (QED) is 0.232. The van der Waals surface area contributed by atoms with Crippen molar-refractivity contribution < 1.29 is 71.6 Å². The van der Waals surface area contributed by atoms with Crippen LogP contribution < -0.4 is 0 Å². The van der Waals surface area contributed by atoms with Gasteiger partial charge in [0, 0.05) is 57.9 Å². The van der Waals surface area contributed by atoms with Crippen molar-refractivity contribution in [3.63, 3.8) is 0 Å². The van der Waals surface area contributed by atoms with Crippen molar-refractivity contribution in [2.24, 2.45) is 0 Å². The fourth-order valence-corrected chi connectivity index (χ4v) is 1.77. The van der Waals surface area contributed by atoms with Crippen LogP contribution >= 0.6 is 0 Å². The van der Waals surface area contributed by atoms with E-state index < -0.39 is 28.0 Å². The van der Waals surface area contributed by atoms with Gasteiger partial charge >= 0.3 is 0 Å². The van der Waals surface area contributed by atoms with Crippen molar-refractivity contribution in [3.05, 3.63) is 0 Å². The molecule has 0 rings (SSSR count). The van der Waals surface area contributed by atoms with Gasteiger partial charge in [0.25, 0.3) is 0 Å². The third kappa shape index (κ3) is 92.3. The first-order chi connectivity index (χ1) is 15.3. The van der Waals surface area contributed by atoms with Crippen LogP contribution in [0.15, 0.2) is 0 Å². The van der Waals surface area contributed by atoms with Gasteiger partial charge in [-0.05, 0) is 69.2 Å². The van der Waals surface area contributed by atoms with Crippen molar-refractivity contribution in [2.45, 2.75) is 97.2 Å². The molecule has 0 spiro atoms. The zero-order valence-electron chi connectivity index (χ0n) is 25.8. The molecule has 0 aliphatic heterocycles. The Hall–Kier alpha value is 0.340. The molecule has 0 aromatic rings. The zero-order valence-corrected chi connectivity index (χ0v) is 28.0.